The summed E-state index contributed by atoms with van der Waals surface area (Å²) in [5, 5.41) is 7.99. The molecule has 4 nitrogen and oxygen atoms in total. The highest BCUT2D eigenvalue weighted by molar-refractivity contribution is 5.83. The van der Waals surface area contributed by atoms with E-state index in [4.69, 9.17) is 5.11 Å². The number of nitrogens with zero attached hydrogens (tertiary/aromatic N) is 2. The maximum Gasteiger partial charge on any atom is 0.305 e. The first kappa shape index (κ1) is 14.0. The predicted octanol–water partition coefficient (Wildman–Crippen LogP) is 2.39. The minimum atomic E-state index is -0.741. The van der Waals surface area contributed by atoms with Gasteiger partial charge in [-0.3, -0.25) is 9.79 Å². The molecule has 0 aliphatic carbocycles. The lowest BCUT2D eigenvalue weighted by atomic mass is 10.2. The van der Waals surface area contributed by atoms with E-state index >= 15 is 0 Å². The lowest BCUT2D eigenvalue weighted by Crippen LogP contribution is -2.34. The third kappa shape index (κ3) is 5.20. The lowest BCUT2D eigenvalue weighted by molar-refractivity contribution is -0.140. The summed E-state index contributed by atoms with van der Waals surface area (Å²) >= 11 is 0. The summed E-state index contributed by atoms with van der Waals surface area (Å²) in [4.78, 5) is 16.7. The van der Waals surface area contributed by atoms with Gasteiger partial charge in [-0.15, -0.1) is 0 Å². The summed E-state index contributed by atoms with van der Waals surface area (Å²) in [6.45, 7) is 6.88. The largest absolute Gasteiger partial charge is 0.481 e. The van der Waals surface area contributed by atoms with Crippen molar-refractivity contribution in [1.29, 1.82) is 0 Å². The topological polar surface area (TPSA) is 52.9 Å². The van der Waals surface area contributed by atoms with Crippen LogP contribution in [0.3, 0.4) is 0 Å². The molecule has 0 aromatic rings. The Labute approximate surface area is 104 Å². The Bertz CT molecular complexity index is 275. The molecule has 2 aliphatic heterocycles. The molecule has 2 rings (SSSR count). The molecule has 0 radical (unpaired) electrons. The van der Waals surface area contributed by atoms with Crippen LogP contribution in [-0.4, -0.2) is 41.4 Å². The van der Waals surface area contributed by atoms with Crippen molar-refractivity contribution in [3.05, 3.63) is 0 Å². The molecule has 0 spiro atoms. The van der Waals surface area contributed by atoms with E-state index in [1.165, 1.54) is 51.0 Å². The highest BCUT2D eigenvalue weighted by Crippen LogP contribution is 2.15. The molecule has 0 aromatic carbocycles. The SMILES string of the molecule is C1CCC2=NCCCN2CC1.CC(C)C(=O)O. The molecule has 4 heteroatoms. The number of hydrogen-bond acceptors (Lipinski definition) is 3. The van der Waals surface area contributed by atoms with Crippen LogP contribution < -0.4 is 0 Å². The third-order valence-electron chi connectivity index (χ3n) is 3.07. The average molecular weight is 240 g/mol. The van der Waals surface area contributed by atoms with Crippen molar-refractivity contribution in [1.82, 2.24) is 4.90 Å². The molecule has 1 saturated heterocycles. The van der Waals surface area contributed by atoms with E-state index in [0.29, 0.717) is 0 Å². The fourth-order valence-electron chi connectivity index (χ4n) is 1.94. The first-order chi connectivity index (χ1) is 8.11. The predicted molar refractivity (Wildman–Crippen MR) is 69.4 cm³/mol. The molecule has 0 atom stereocenters. The minimum Gasteiger partial charge on any atom is -0.481 e. The van der Waals surface area contributed by atoms with Gasteiger partial charge in [0.25, 0.3) is 0 Å². The first-order valence-corrected chi connectivity index (χ1v) is 6.62. The van der Waals surface area contributed by atoms with Gasteiger partial charge < -0.3 is 10.0 Å². The molecule has 0 aromatic heterocycles. The maximum absolute atomic E-state index is 9.70. The highest BCUT2D eigenvalue weighted by Gasteiger charge is 2.16. The summed E-state index contributed by atoms with van der Waals surface area (Å²) in [5.41, 5.74) is 0. The Kier molecular flexibility index (Phi) is 6.01. The van der Waals surface area contributed by atoms with Crippen molar-refractivity contribution in [3.63, 3.8) is 0 Å². The van der Waals surface area contributed by atoms with Crippen molar-refractivity contribution in [3.8, 4) is 0 Å². The van der Waals surface area contributed by atoms with E-state index in [2.05, 4.69) is 9.89 Å². The Morgan fingerprint density at radius 2 is 1.88 bits per heavy atom. The quantitative estimate of drug-likeness (QED) is 0.765. The van der Waals surface area contributed by atoms with Gasteiger partial charge in [0.05, 0.1) is 11.8 Å². The van der Waals surface area contributed by atoms with Gasteiger partial charge in [-0.2, -0.15) is 0 Å². The van der Waals surface area contributed by atoms with Crippen LogP contribution in [0.15, 0.2) is 4.99 Å². The summed E-state index contributed by atoms with van der Waals surface area (Å²) in [7, 11) is 0. The number of carboxylic acids is 1. The second-order valence-electron chi connectivity index (χ2n) is 4.94. The van der Waals surface area contributed by atoms with Crippen molar-refractivity contribution in [2.75, 3.05) is 19.6 Å². The fraction of sp³-hybridized carbons (Fsp3) is 0.846. The zero-order valence-corrected chi connectivity index (χ0v) is 11.0. The van der Waals surface area contributed by atoms with Crippen LogP contribution in [-0.2, 0) is 4.79 Å². The zero-order chi connectivity index (χ0) is 12.7. The zero-order valence-electron chi connectivity index (χ0n) is 11.0. The number of aliphatic imine (C=N–C) groups is 1. The molecule has 2 aliphatic rings. The van der Waals surface area contributed by atoms with Crippen molar-refractivity contribution in [2.45, 2.75) is 46.0 Å². The average Bonchev–Trinajstić information content (AvgIpc) is 2.54. The second kappa shape index (κ2) is 7.30. The molecular formula is C13H24N2O2. The van der Waals surface area contributed by atoms with Crippen molar-refractivity contribution >= 4 is 11.8 Å². The number of amidine groups is 1. The Morgan fingerprint density at radius 1 is 1.24 bits per heavy atom. The van der Waals surface area contributed by atoms with Crippen molar-refractivity contribution in [2.24, 2.45) is 10.9 Å². The number of carbonyl (C=O) groups is 1. The monoisotopic (exact) mass is 240 g/mol. The molecule has 0 unspecified atom stereocenters. The molecule has 2 heterocycles. The normalized spacial score (nSPS) is 19.7. The molecule has 17 heavy (non-hydrogen) atoms. The van der Waals surface area contributed by atoms with Gasteiger partial charge in [0.2, 0.25) is 0 Å². The Balaban J connectivity index is 0.000000209. The standard InChI is InChI=1S/C9H16N2.C4H8O2/c1-2-5-9-10-6-4-8-11(9)7-3-1;1-3(2)4(5)6/h1-8H2;3H,1-2H3,(H,5,6). The molecule has 0 saturated carbocycles. The van der Waals surface area contributed by atoms with Crippen LogP contribution in [0, 0.1) is 5.92 Å². The number of hydrogen-bond donors (Lipinski definition) is 1. The van der Waals surface area contributed by atoms with Gasteiger partial charge in [0.15, 0.2) is 0 Å². The summed E-state index contributed by atoms with van der Waals surface area (Å²) in [5.74, 6) is 0.425. The van der Waals surface area contributed by atoms with Gasteiger partial charge >= 0.3 is 5.97 Å². The third-order valence-corrected chi connectivity index (χ3v) is 3.07. The lowest BCUT2D eigenvalue weighted by Gasteiger charge is -2.27. The van der Waals surface area contributed by atoms with Gasteiger partial charge in [0, 0.05) is 26.1 Å². The summed E-state index contributed by atoms with van der Waals surface area (Å²) in [6, 6.07) is 0. The van der Waals surface area contributed by atoms with Crippen LogP contribution in [0.25, 0.3) is 0 Å². The molecule has 1 fully saturated rings. The molecule has 1 N–H and O–H groups in total. The van der Waals surface area contributed by atoms with Crippen LogP contribution in [0.2, 0.25) is 0 Å². The van der Waals surface area contributed by atoms with E-state index in [0.717, 1.165) is 6.54 Å². The maximum atomic E-state index is 9.70. The molecular weight excluding hydrogens is 216 g/mol. The molecule has 98 valence electrons. The van der Waals surface area contributed by atoms with E-state index in [1.807, 2.05) is 0 Å². The van der Waals surface area contributed by atoms with E-state index in [9.17, 15) is 4.79 Å². The number of rotatable bonds is 1. The van der Waals surface area contributed by atoms with Crippen LogP contribution in [0.4, 0.5) is 0 Å². The van der Waals surface area contributed by atoms with Gasteiger partial charge in [-0.05, 0) is 19.3 Å². The van der Waals surface area contributed by atoms with Crippen LogP contribution in [0.5, 0.6) is 0 Å². The van der Waals surface area contributed by atoms with Gasteiger partial charge in [-0.1, -0.05) is 20.3 Å². The van der Waals surface area contributed by atoms with Crippen molar-refractivity contribution < 1.29 is 9.90 Å². The number of fused-ring (bicyclic) bond motifs is 1. The van der Waals surface area contributed by atoms with Gasteiger partial charge in [0.1, 0.15) is 0 Å². The van der Waals surface area contributed by atoms with Crippen LogP contribution in [0.1, 0.15) is 46.0 Å². The molecule has 0 bridgehead atoms. The molecule has 0 amide bonds. The van der Waals surface area contributed by atoms with Crippen LogP contribution >= 0.6 is 0 Å². The smallest absolute Gasteiger partial charge is 0.305 e. The Hall–Kier alpha value is -1.06. The summed E-state index contributed by atoms with van der Waals surface area (Å²) in [6.07, 6.45) is 6.63. The van der Waals surface area contributed by atoms with E-state index in [1.54, 1.807) is 13.8 Å². The van der Waals surface area contributed by atoms with E-state index < -0.39 is 5.97 Å². The number of aliphatic carboxylic acids is 1. The fourth-order valence-corrected chi connectivity index (χ4v) is 1.94. The minimum absolute atomic E-state index is 0.231. The Morgan fingerprint density at radius 3 is 2.53 bits per heavy atom. The van der Waals surface area contributed by atoms with E-state index in [-0.39, 0.29) is 5.92 Å². The van der Waals surface area contributed by atoms with Gasteiger partial charge in [-0.25, -0.2) is 0 Å². The summed E-state index contributed by atoms with van der Waals surface area (Å²) < 4.78 is 0. The number of carboxylic acid groups (broad SMARTS) is 1. The highest BCUT2D eigenvalue weighted by atomic mass is 16.4. The second-order valence-corrected chi connectivity index (χ2v) is 4.94. The first-order valence-electron chi connectivity index (χ1n) is 6.62.